The summed E-state index contributed by atoms with van der Waals surface area (Å²) in [5, 5.41) is 14.1. The van der Waals surface area contributed by atoms with E-state index in [2.05, 4.69) is 5.32 Å². The van der Waals surface area contributed by atoms with Gasteiger partial charge in [-0.05, 0) is 55.7 Å². The monoisotopic (exact) mass is 422 g/mol. The number of amides is 2. The number of non-ortho nitro benzene ring substituents is 1. The van der Waals surface area contributed by atoms with Crippen LogP contribution in [0.5, 0.6) is 5.75 Å². The molecule has 0 unspecified atom stereocenters. The molecule has 1 N–H and O–H groups in total. The zero-order chi connectivity index (χ0) is 22.0. The van der Waals surface area contributed by atoms with Crippen LogP contribution in [-0.4, -0.2) is 41.8 Å². The molecule has 2 aliphatic heterocycles. The second-order valence-electron chi connectivity index (χ2n) is 7.34. The highest BCUT2D eigenvalue weighted by molar-refractivity contribution is 6.33. The molecule has 0 atom stereocenters. The van der Waals surface area contributed by atoms with Gasteiger partial charge in [0, 0.05) is 30.9 Å². The number of methoxy groups -OCH3 is 1. The van der Waals surface area contributed by atoms with Gasteiger partial charge in [-0.3, -0.25) is 19.7 Å². The molecule has 160 valence electrons. The molecule has 0 aliphatic carbocycles. The quantitative estimate of drug-likeness (QED) is 0.433. The van der Waals surface area contributed by atoms with Gasteiger partial charge in [-0.15, -0.1) is 0 Å². The largest absolute Gasteiger partial charge is 0.497 e. The first-order chi connectivity index (χ1) is 15.0. The first-order valence-electron chi connectivity index (χ1n) is 10.0. The van der Waals surface area contributed by atoms with Crippen LogP contribution >= 0.6 is 0 Å². The molecule has 1 saturated heterocycles. The first-order valence-corrected chi connectivity index (χ1v) is 10.0. The van der Waals surface area contributed by atoms with Crippen LogP contribution in [0.25, 0.3) is 0 Å². The summed E-state index contributed by atoms with van der Waals surface area (Å²) in [6.45, 7) is 1.38. The molecular formula is C22H22N4O5. The van der Waals surface area contributed by atoms with Gasteiger partial charge in [-0.25, -0.2) is 4.90 Å². The minimum Gasteiger partial charge on any atom is -0.497 e. The lowest BCUT2D eigenvalue weighted by molar-refractivity contribution is -0.384. The van der Waals surface area contributed by atoms with Gasteiger partial charge in [0.15, 0.2) is 0 Å². The Hall–Kier alpha value is -3.88. The van der Waals surface area contributed by atoms with Crippen LogP contribution in [0.2, 0.25) is 0 Å². The molecule has 2 aromatic rings. The lowest BCUT2D eigenvalue weighted by atomic mass is 10.1. The van der Waals surface area contributed by atoms with E-state index in [1.807, 2.05) is 4.90 Å². The third kappa shape index (κ3) is 3.94. The molecule has 9 heteroatoms. The molecule has 2 amide bonds. The Morgan fingerprint density at radius 3 is 2.16 bits per heavy atom. The molecule has 4 rings (SSSR count). The summed E-state index contributed by atoms with van der Waals surface area (Å²) >= 11 is 0. The molecule has 0 spiro atoms. The van der Waals surface area contributed by atoms with Crippen LogP contribution in [-0.2, 0) is 9.59 Å². The molecule has 0 radical (unpaired) electrons. The van der Waals surface area contributed by atoms with Crippen LogP contribution in [0, 0.1) is 10.1 Å². The Kier molecular flexibility index (Phi) is 5.57. The van der Waals surface area contributed by atoms with E-state index in [9.17, 15) is 19.7 Å². The third-order valence-electron chi connectivity index (χ3n) is 5.41. The number of piperidine rings is 1. The zero-order valence-corrected chi connectivity index (χ0v) is 17.0. The van der Waals surface area contributed by atoms with E-state index in [0.717, 1.165) is 24.2 Å². The number of nitrogens with zero attached hydrogens (tertiary/aromatic N) is 3. The van der Waals surface area contributed by atoms with Crippen molar-refractivity contribution in [3.05, 3.63) is 70.0 Å². The standard InChI is InChI=1S/C22H22N4O5/c1-31-18-11-5-15(6-12-18)23-19-20(24-13-3-2-4-14-24)22(28)25(21(19)27)16-7-9-17(10-8-16)26(29)30/h5-12,23H,2-4,13-14H2,1H3. The predicted octanol–water partition coefficient (Wildman–Crippen LogP) is 3.29. The van der Waals surface area contributed by atoms with Crippen LogP contribution in [0.1, 0.15) is 19.3 Å². The van der Waals surface area contributed by atoms with E-state index in [4.69, 9.17) is 4.74 Å². The van der Waals surface area contributed by atoms with Gasteiger partial charge in [0.1, 0.15) is 17.1 Å². The number of hydrogen-bond acceptors (Lipinski definition) is 7. The van der Waals surface area contributed by atoms with E-state index in [-0.39, 0.29) is 11.4 Å². The van der Waals surface area contributed by atoms with E-state index in [0.29, 0.717) is 35.9 Å². The average Bonchev–Trinajstić information content (AvgIpc) is 3.04. The molecule has 31 heavy (non-hydrogen) atoms. The molecule has 2 aromatic carbocycles. The highest BCUT2D eigenvalue weighted by atomic mass is 16.6. The minimum absolute atomic E-state index is 0.108. The normalized spacial score (nSPS) is 16.7. The molecular weight excluding hydrogens is 400 g/mol. The summed E-state index contributed by atoms with van der Waals surface area (Å²) in [7, 11) is 1.57. The van der Waals surface area contributed by atoms with Gasteiger partial charge in [-0.2, -0.15) is 0 Å². The maximum atomic E-state index is 13.3. The number of likely N-dealkylation sites (tertiary alicyclic amines) is 1. The number of carbonyl (C=O) groups is 2. The Morgan fingerprint density at radius 1 is 0.935 bits per heavy atom. The van der Waals surface area contributed by atoms with Gasteiger partial charge in [0.25, 0.3) is 17.5 Å². The summed E-state index contributed by atoms with van der Waals surface area (Å²) in [4.78, 5) is 40.1. The maximum Gasteiger partial charge on any atom is 0.284 e. The Bertz CT molecular complexity index is 1040. The minimum atomic E-state index is -0.522. The van der Waals surface area contributed by atoms with Crippen molar-refractivity contribution in [2.75, 3.05) is 30.4 Å². The number of hydrogen-bond donors (Lipinski definition) is 1. The van der Waals surface area contributed by atoms with E-state index in [1.54, 1.807) is 31.4 Å². The molecule has 1 fully saturated rings. The fraction of sp³-hybridized carbons (Fsp3) is 0.273. The Balaban J connectivity index is 1.69. The lowest BCUT2D eigenvalue weighted by Gasteiger charge is -2.29. The molecule has 0 aromatic heterocycles. The maximum absolute atomic E-state index is 13.3. The summed E-state index contributed by atoms with van der Waals surface area (Å²) in [5.41, 5.74) is 1.37. The number of nitrogens with one attached hydrogen (secondary N) is 1. The molecule has 2 heterocycles. The lowest BCUT2D eigenvalue weighted by Crippen LogP contribution is -2.37. The fourth-order valence-corrected chi connectivity index (χ4v) is 3.82. The Labute approximate surface area is 179 Å². The predicted molar refractivity (Wildman–Crippen MR) is 115 cm³/mol. The number of benzene rings is 2. The number of rotatable bonds is 6. The van der Waals surface area contributed by atoms with Crippen LogP contribution in [0.3, 0.4) is 0 Å². The second-order valence-corrected chi connectivity index (χ2v) is 7.34. The van der Waals surface area contributed by atoms with Gasteiger partial charge in [0.2, 0.25) is 0 Å². The van der Waals surface area contributed by atoms with Gasteiger partial charge < -0.3 is 15.0 Å². The first kappa shape index (κ1) is 20.4. The van der Waals surface area contributed by atoms with Gasteiger partial charge in [-0.1, -0.05) is 0 Å². The topological polar surface area (TPSA) is 105 Å². The molecule has 0 bridgehead atoms. The number of imide groups is 1. The van der Waals surface area contributed by atoms with Crippen molar-refractivity contribution in [1.82, 2.24) is 4.90 Å². The average molecular weight is 422 g/mol. The van der Waals surface area contributed by atoms with Gasteiger partial charge >= 0.3 is 0 Å². The van der Waals surface area contributed by atoms with Crippen molar-refractivity contribution >= 4 is 28.9 Å². The smallest absolute Gasteiger partial charge is 0.284 e. The summed E-state index contributed by atoms with van der Waals surface area (Å²) in [5.74, 6) is -0.246. The number of nitro benzene ring substituents is 1. The Morgan fingerprint density at radius 2 is 1.58 bits per heavy atom. The van der Waals surface area contributed by atoms with Gasteiger partial charge in [0.05, 0.1) is 17.7 Å². The van der Waals surface area contributed by atoms with Crippen molar-refractivity contribution in [2.45, 2.75) is 19.3 Å². The highest BCUT2D eigenvalue weighted by Crippen LogP contribution is 2.32. The summed E-state index contributed by atoms with van der Waals surface area (Å²) < 4.78 is 5.17. The van der Waals surface area contributed by atoms with E-state index < -0.39 is 16.7 Å². The molecule has 2 aliphatic rings. The summed E-state index contributed by atoms with van der Waals surface area (Å²) in [6, 6.07) is 12.5. The van der Waals surface area contributed by atoms with Crippen molar-refractivity contribution < 1.29 is 19.2 Å². The van der Waals surface area contributed by atoms with Crippen LogP contribution in [0.4, 0.5) is 17.1 Å². The molecule has 0 saturated carbocycles. The van der Waals surface area contributed by atoms with Crippen molar-refractivity contribution in [1.29, 1.82) is 0 Å². The number of nitro groups is 1. The number of anilines is 2. The highest BCUT2D eigenvalue weighted by Gasteiger charge is 2.42. The van der Waals surface area contributed by atoms with Crippen molar-refractivity contribution in [3.8, 4) is 5.75 Å². The SMILES string of the molecule is COc1ccc(NC2=C(N3CCCCC3)C(=O)N(c3ccc([N+](=O)[O-])cc3)C2=O)cc1. The molecule has 9 nitrogen and oxygen atoms in total. The van der Waals surface area contributed by atoms with Crippen LogP contribution in [0.15, 0.2) is 59.9 Å². The second kappa shape index (κ2) is 8.47. The number of carbonyl (C=O) groups excluding carboxylic acids is 2. The van der Waals surface area contributed by atoms with Crippen LogP contribution < -0.4 is 15.0 Å². The fourth-order valence-electron chi connectivity index (χ4n) is 3.82. The zero-order valence-electron chi connectivity index (χ0n) is 17.0. The van der Waals surface area contributed by atoms with E-state index >= 15 is 0 Å². The third-order valence-corrected chi connectivity index (χ3v) is 5.41. The number of ether oxygens (including phenoxy) is 1. The summed E-state index contributed by atoms with van der Waals surface area (Å²) in [6.07, 6.45) is 2.97. The van der Waals surface area contributed by atoms with E-state index in [1.165, 1.54) is 24.3 Å². The van der Waals surface area contributed by atoms with Crippen molar-refractivity contribution in [2.24, 2.45) is 0 Å². The van der Waals surface area contributed by atoms with Crippen molar-refractivity contribution in [3.63, 3.8) is 0 Å².